The van der Waals surface area contributed by atoms with E-state index in [-0.39, 0.29) is 19.6 Å². The number of carboxylic acid groups (broad SMARTS) is 1. The lowest BCUT2D eigenvalue weighted by Crippen LogP contribution is -2.55. The summed E-state index contributed by atoms with van der Waals surface area (Å²) in [7, 11) is 1.50. The number of carboxylic acids is 1. The van der Waals surface area contributed by atoms with Crippen LogP contribution in [0.1, 0.15) is 20.3 Å². The lowest BCUT2D eigenvalue weighted by atomic mass is 10.1. The maximum absolute atomic E-state index is 12.2. The Hall–Kier alpha value is -1.34. The number of carbonyl (C=O) groups is 2. The molecule has 0 bridgehead atoms. The lowest BCUT2D eigenvalue weighted by molar-refractivity contribution is -0.141. The Morgan fingerprint density at radius 2 is 2.00 bits per heavy atom. The molecule has 0 saturated carbocycles. The van der Waals surface area contributed by atoms with Crippen molar-refractivity contribution in [3.63, 3.8) is 0 Å². The largest absolute Gasteiger partial charge is 0.480 e. The number of likely N-dealkylation sites (N-methyl/N-ethyl adjacent to an activating group) is 1. The molecule has 2 atom stereocenters. The zero-order valence-electron chi connectivity index (χ0n) is 10.8. The first-order valence-electron chi connectivity index (χ1n) is 5.77. The van der Waals surface area contributed by atoms with Crippen molar-refractivity contribution in [1.82, 2.24) is 9.80 Å². The molecular weight excluding hydrogens is 240 g/mol. The third-order valence-corrected chi connectivity index (χ3v) is 3.39. The summed E-state index contributed by atoms with van der Waals surface area (Å²) in [5.74, 6) is -1.13. The molecular formula is C11H20N2O5. The molecule has 0 spiro atoms. The van der Waals surface area contributed by atoms with Crippen LogP contribution in [0.4, 0.5) is 4.79 Å². The highest BCUT2D eigenvalue weighted by atomic mass is 16.4. The molecule has 3 N–H and O–H groups in total. The third-order valence-electron chi connectivity index (χ3n) is 3.39. The molecule has 1 rings (SSSR count). The SMILES string of the molecule is CN(C(=O)N1CC(O)C[C@H]1C(=O)O)C(C)(C)CO. The van der Waals surface area contributed by atoms with Gasteiger partial charge in [0.05, 0.1) is 18.2 Å². The van der Waals surface area contributed by atoms with Crippen LogP contribution >= 0.6 is 0 Å². The van der Waals surface area contributed by atoms with Gasteiger partial charge in [0, 0.05) is 20.0 Å². The van der Waals surface area contributed by atoms with E-state index in [9.17, 15) is 19.8 Å². The smallest absolute Gasteiger partial charge is 0.326 e. The number of aliphatic hydroxyl groups is 2. The van der Waals surface area contributed by atoms with Crippen molar-refractivity contribution in [1.29, 1.82) is 0 Å². The summed E-state index contributed by atoms with van der Waals surface area (Å²) in [6.45, 7) is 3.12. The lowest BCUT2D eigenvalue weighted by Gasteiger charge is -2.37. The van der Waals surface area contributed by atoms with Crippen LogP contribution < -0.4 is 0 Å². The summed E-state index contributed by atoms with van der Waals surface area (Å²) in [6, 6.07) is -1.51. The van der Waals surface area contributed by atoms with Gasteiger partial charge in [-0.2, -0.15) is 0 Å². The first-order valence-corrected chi connectivity index (χ1v) is 5.77. The van der Waals surface area contributed by atoms with Gasteiger partial charge in [-0.05, 0) is 13.8 Å². The molecule has 1 heterocycles. The number of carbonyl (C=O) groups excluding carboxylic acids is 1. The molecule has 0 aromatic carbocycles. The predicted molar refractivity (Wildman–Crippen MR) is 63.1 cm³/mol. The summed E-state index contributed by atoms with van der Waals surface area (Å²) in [5, 5.41) is 27.7. The van der Waals surface area contributed by atoms with Gasteiger partial charge in [-0.15, -0.1) is 0 Å². The molecule has 7 heteroatoms. The fraction of sp³-hybridized carbons (Fsp3) is 0.818. The third kappa shape index (κ3) is 2.73. The number of aliphatic carboxylic acids is 1. The molecule has 7 nitrogen and oxygen atoms in total. The molecule has 1 aliphatic heterocycles. The first kappa shape index (κ1) is 14.7. The van der Waals surface area contributed by atoms with Crippen LogP contribution in [0.15, 0.2) is 0 Å². The Balaban J connectivity index is 2.86. The fourth-order valence-electron chi connectivity index (χ4n) is 1.82. The molecule has 18 heavy (non-hydrogen) atoms. The number of β-amino-alcohol motifs (C(OH)–C–C–N with tert-alkyl or cyclic N) is 1. The van der Waals surface area contributed by atoms with Gasteiger partial charge in [-0.3, -0.25) is 0 Å². The molecule has 1 saturated heterocycles. The summed E-state index contributed by atoms with van der Waals surface area (Å²) in [4.78, 5) is 25.6. The van der Waals surface area contributed by atoms with E-state index in [1.165, 1.54) is 11.9 Å². The van der Waals surface area contributed by atoms with E-state index >= 15 is 0 Å². The van der Waals surface area contributed by atoms with E-state index in [0.29, 0.717) is 0 Å². The van der Waals surface area contributed by atoms with E-state index < -0.39 is 29.7 Å². The van der Waals surface area contributed by atoms with E-state index in [2.05, 4.69) is 0 Å². The standard InChI is InChI=1S/C11H20N2O5/c1-11(2,6-14)12(3)10(18)13-5-7(15)4-8(13)9(16)17/h7-8,14-15H,4-6H2,1-3H3,(H,16,17)/t7?,8-/m0/s1. The van der Waals surface area contributed by atoms with Crippen molar-refractivity contribution in [3.8, 4) is 0 Å². The van der Waals surface area contributed by atoms with Gasteiger partial charge in [-0.25, -0.2) is 9.59 Å². The van der Waals surface area contributed by atoms with Crippen LogP contribution in [0.5, 0.6) is 0 Å². The molecule has 0 aromatic heterocycles. The Kier molecular flexibility index (Phi) is 4.18. The van der Waals surface area contributed by atoms with Crippen molar-refractivity contribution in [2.45, 2.75) is 38.0 Å². The monoisotopic (exact) mass is 260 g/mol. The zero-order valence-corrected chi connectivity index (χ0v) is 10.8. The van der Waals surface area contributed by atoms with E-state index in [1.807, 2.05) is 0 Å². The van der Waals surface area contributed by atoms with Crippen LogP contribution in [0.25, 0.3) is 0 Å². The van der Waals surface area contributed by atoms with Gasteiger partial charge in [0.1, 0.15) is 6.04 Å². The molecule has 0 aliphatic carbocycles. The van der Waals surface area contributed by atoms with Gasteiger partial charge in [0.2, 0.25) is 0 Å². The van der Waals surface area contributed by atoms with Crippen molar-refractivity contribution in [3.05, 3.63) is 0 Å². The van der Waals surface area contributed by atoms with Crippen molar-refractivity contribution >= 4 is 12.0 Å². The second-order valence-corrected chi connectivity index (χ2v) is 5.21. The normalized spacial score (nSPS) is 24.2. The maximum atomic E-state index is 12.2. The molecule has 1 fully saturated rings. The van der Waals surface area contributed by atoms with Gasteiger partial charge in [-0.1, -0.05) is 0 Å². The number of hydrogen-bond acceptors (Lipinski definition) is 4. The fourth-order valence-corrected chi connectivity index (χ4v) is 1.82. The van der Waals surface area contributed by atoms with Gasteiger partial charge >= 0.3 is 12.0 Å². The highest BCUT2D eigenvalue weighted by molar-refractivity contribution is 5.83. The Labute approximate surface area is 106 Å². The van der Waals surface area contributed by atoms with E-state index in [4.69, 9.17) is 5.11 Å². The Morgan fingerprint density at radius 1 is 1.44 bits per heavy atom. The zero-order chi connectivity index (χ0) is 14.1. The number of likely N-dealkylation sites (tertiary alicyclic amines) is 1. The minimum absolute atomic E-state index is 0.00164. The molecule has 1 unspecified atom stereocenters. The van der Waals surface area contributed by atoms with Crippen LogP contribution in [-0.2, 0) is 4.79 Å². The van der Waals surface area contributed by atoms with Crippen molar-refractivity contribution in [2.75, 3.05) is 20.2 Å². The minimum Gasteiger partial charge on any atom is -0.480 e. The second kappa shape index (κ2) is 5.11. The maximum Gasteiger partial charge on any atom is 0.326 e. The number of rotatable bonds is 3. The van der Waals surface area contributed by atoms with E-state index in [0.717, 1.165) is 4.90 Å². The average molecular weight is 260 g/mol. The van der Waals surface area contributed by atoms with Crippen LogP contribution in [-0.4, -0.2) is 75.0 Å². The average Bonchev–Trinajstić information content (AvgIpc) is 2.69. The molecule has 2 amide bonds. The number of nitrogens with zero attached hydrogens (tertiary/aromatic N) is 2. The summed E-state index contributed by atoms with van der Waals surface area (Å²) < 4.78 is 0. The topological polar surface area (TPSA) is 101 Å². The molecule has 0 radical (unpaired) electrons. The van der Waals surface area contributed by atoms with Gasteiger partial charge in [0.25, 0.3) is 0 Å². The summed E-state index contributed by atoms with van der Waals surface area (Å²) >= 11 is 0. The van der Waals surface area contributed by atoms with Crippen molar-refractivity contribution < 1.29 is 24.9 Å². The van der Waals surface area contributed by atoms with Crippen LogP contribution in [0.2, 0.25) is 0 Å². The highest BCUT2D eigenvalue weighted by Crippen LogP contribution is 2.22. The minimum atomic E-state index is -1.13. The Bertz CT molecular complexity index is 344. The summed E-state index contributed by atoms with van der Waals surface area (Å²) in [5.41, 5.74) is -0.784. The predicted octanol–water partition coefficient (Wildman–Crippen LogP) is -0.671. The van der Waals surface area contributed by atoms with Gasteiger partial charge in [0.15, 0.2) is 0 Å². The van der Waals surface area contributed by atoms with E-state index in [1.54, 1.807) is 13.8 Å². The number of amides is 2. The first-order chi connectivity index (χ1) is 8.20. The van der Waals surface area contributed by atoms with Gasteiger partial charge < -0.3 is 25.1 Å². The molecule has 104 valence electrons. The second-order valence-electron chi connectivity index (χ2n) is 5.21. The number of aliphatic hydroxyl groups excluding tert-OH is 2. The Morgan fingerprint density at radius 3 is 2.44 bits per heavy atom. The number of hydrogen-bond donors (Lipinski definition) is 3. The highest BCUT2D eigenvalue weighted by Gasteiger charge is 2.42. The van der Waals surface area contributed by atoms with Crippen LogP contribution in [0.3, 0.4) is 0 Å². The number of urea groups is 1. The van der Waals surface area contributed by atoms with Crippen LogP contribution in [0, 0.1) is 0 Å². The van der Waals surface area contributed by atoms with Crippen molar-refractivity contribution in [2.24, 2.45) is 0 Å². The summed E-state index contributed by atoms with van der Waals surface area (Å²) in [6.07, 6.45) is -0.783. The molecule has 1 aliphatic rings. The molecule has 0 aromatic rings. The quantitative estimate of drug-likeness (QED) is 0.624.